The van der Waals surface area contributed by atoms with Gasteiger partial charge < -0.3 is 10.2 Å². The number of carbonyl (C=O) groups excluding carboxylic acids is 1. The standard InChI is InChI=1S/C28H25N3O/c32-28(30-24-13-7-11-22(17-24)23-12-8-16-29-18-23)27-20-31(25-14-5-2-6-15-25)19-26(27)21-9-3-1-4-10-21/h1-18,26-27H,19-20H2,(H,30,32). The molecule has 32 heavy (non-hydrogen) atoms. The van der Waals surface area contributed by atoms with Gasteiger partial charge in [0.05, 0.1) is 5.92 Å². The summed E-state index contributed by atoms with van der Waals surface area (Å²) in [5.74, 6) is 0.0539. The Morgan fingerprint density at radius 3 is 2.31 bits per heavy atom. The van der Waals surface area contributed by atoms with Crippen LogP contribution in [0, 0.1) is 5.92 Å². The first-order valence-electron chi connectivity index (χ1n) is 10.9. The van der Waals surface area contributed by atoms with Crippen LogP contribution in [0.3, 0.4) is 0 Å². The smallest absolute Gasteiger partial charge is 0.229 e. The zero-order chi connectivity index (χ0) is 21.8. The van der Waals surface area contributed by atoms with Gasteiger partial charge in [0.2, 0.25) is 5.91 Å². The fourth-order valence-corrected chi connectivity index (χ4v) is 4.50. The van der Waals surface area contributed by atoms with Gasteiger partial charge in [0.15, 0.2) is 0 Å². The summed E-state index contributed by atoms with van der Waals surface area (Å²) in [6.07, 6.45) is 3.60. The summed E-state index contributed by atoms with van der Waals surface area (Å²) in [6, 6.07) is 32.6. The molecule has 1 aliphatic heterocycles. The molecule has 1 saturated heterocycles. The fraction of sp³-hybridized carbons (Fsp3) is 0.143. The van der Waals surface area contributed by atoms with Crippen molar-refractivity contribution in [1.29, 1.82) is 0 Å². The Kier molecular flexibility index (Phi) is 5.67. The minimum Gasteiger partial charge on any atom is -0.370 e. The second kappa shape index (κ2) is 9.06. The molecule has 4 aromatic rings. The largest absolute Gasteiger partial charge is 0.370 e. The van der Waals surface area contributed by atoms with Crippen LogP contribution in [0.5, 0.6) is 0 Å². The van der Waals surface area contributed by atoms with Crippen LogP contribution in [0.1, 0.15) is 11.5 Å². The predicted molar refractivity (Wildman–Crippen MR) is 130 cm³/mol. The third-order valence-electron chi connectivity index (χ3n) is 6.13. The predicted octanol–water partition coefficient (Wildman–Crippen LogP) is 5.61. The van der Waals surface area contributed by atoms with Crippen molar-refractivity contribution in [1.82, 2.24) is 4.98 Å². The normalized spacial score (nSPS) is 17.8. The number of carbonyl (C=O) groups is 1. The van der Waals surface area contributed by atoms with Crippen LogP contribution in [0.2, 0.25) is 0 Å². The van der Waals surface area contributed by atoms with E-state index in [2.05, 4.69) is 39.5 Å². The van der Waals surface area contributed by atoms with Crippen molar-refractivity contribution in [2.75, 3.05) is 23.3 Å². The van der Waals surface area contributed by atoms with Crippen molar-refractivity contribution in [3.63, 3.8) is 0 Å². The second-order valence-electron chi connectivity index (χ2n) is 8.18. The van der Waals surface area contributed by atoms with Crippen molar-refractivity contribution in [3.05, 3.63) is 115 Å². The topological polar surface area (TPSA) is 45.2 Å². The molecule has 1 aliphatic rings. The molecular formula is C28H25N3O. The molecule has 4 nitrogen and oxygen atoms in total. The average molecular weight is 420 g/mol. The molecule has 2 heterocycles. The molecule has 0 bridgehead atoms. The number of para-hydroxylation sites is 1. The van der Waals surface area contributed by atoms with E-state index < -0.39 is 0 Å². The summed E-state index contributed by atoms with van der Waals surface area (Å²) >= 11 is 0. The Labute approximate surface area is 188 Å². The van der Waals surface area contributed by atoms with E-state index in [1.54, 1.807) is 6.20 Å². The van der Waals surface area contributed by atoms with E-state index in [1.165, 1.54) is 5.56 Å². The molecule has 0 radical (unpaired) electrons. The summed E-state index contributed by atoms with van der Waals surface area (Å²) in [6.45, 7) is 1.51. The van der Waals surface area contributed by atoms with E-state index in [4.69, 9.17) is 0 Å². The number of nitrogens with one attached hydrogen (secondary N) is 1. The number of anilines is 2. The lowest BCUT2D eigenvalue weighted by Gasteiger charge is -2.18. The zero-order valence-electron chi connectivity index (χ0n) is 17.8. The highest BCUT2D eigenvalue weighted by Gasteiger charge is 2.38. The first-order valence-corrected chi connectivity index (χ1v) is 10.9. The van der Waals surface area contributed by atoms with Gasteiger partial charge in [-0.2, -0.15) is 0 Å². The van der Waals surface area contributed by atoms with E-state index >= 15 is 0 Å². The van der Waals surface area contributed by atoms with Crippen molar-refractivity contribution >= 4 is 17.3 Å². The van der Waals surface area contributed by atoms with Crippen LogP contribution in [-0.4, -0.2) is 24.0 Å². The molecule has 0 spiro atoms. The number of amides is 1. The van der Waals surface area contributed by atoms with Gasteiger partial charge in [0, 0.05) is 48.3 Å². The Bertz CT molecular complexity index is 1180. The first-order chi connectivity index (χ1) is 15.8. The first kappa shape index (κ1) is 20.0. The summed E-state index contributed by atoms with van der Waals surface area (Å²) in [5.41, 5.74) is 5.23. The Morgan fingerprint density at radius 1 is 0.812 bits per heavy atom. The third kappa shape index (κ3) is 4.26. The van der Waals surface area contributed by atoms with Gasteiger partial charge in [-0.05, 0) is 41.5 Å². The van der Waals surface area contributed by atoms with Crippen LogP contribution >= 0.6 is 0 Å². The molecular weight excluding hydrogens is 394 g/mol. The highest BCUT2D eigenvalue weighted by molar-refractivity contribution is 5.94. The SMILES string of the molecule is O=C(Nc1cccc(-c2cccnc2)c1)C1CN(c2ccccc2)CC1c1ccccc1. The van der Waals surface area contributed by atoms with Crippen molar-refractivity contribution in [3.8, 4) is 11.1 Å². The third-order valence-corrected chi connectivity index (χ3v) is 6.13. The molecule has 1 N–H and O–H groups in total. The molecule has 3 aromatic carbocycles. The maximum Gasteiger partial charge on any atom is 0.229 e. The summed E-state index contributed by atoms with van der Waals surface area (Å²) in [4.78, 5) is 20.0. The maximum atomic E-state index is 13.5. The van der Waals surface area contributed by atoms with E-state index in [1.807, 2.05) is 79.0 Å². The Morgan fingerprint density at radius 2 is 1.56 bits per heavy atom. The van der Waals surface area contributed by atoms with Crippen LogP contribution in [0.4, 0.5) is 11.4 Å². The number of rotatable bonds is 5. The average Bonchev–Trinajstić information content (AvgIpc) is 3.32. The lowest BCUT2D eigenvalue weighted by molar-refractivity contribution is -0.119. The van der Waals surface area contributed by atoms with E-state index in [-0.39, 0.29) is 17.7 Å². The molecule has 5 rings (SSSR count). The van der Waals surface area contributed by atoms with Gasteiger partial charge in [0.1, 0.15) is 0 Å². The van der Waals surface area contributed by atoms with Crippen LogP contribution < -0.4 is 10.2 Å². The molecule has 2 unspecified atom stereocenters. The Balaban J connectivity index is 1.40. The number of hydrogen-bond acceptors (Lipinski definition) is 3. The number of benzene rings is 3. The quantitative estimate of drug-likeness (QED) is 0.457. The van der Waals surface area contributed by atoms with Gasteiger partial charge in [-0.15, -0.1) is 0 Å². The van der Waals surface area contributed by atoms with Gasteiger partial charge in [0.25, 0.3) is 0 Å². The monoisotopic (exact) mass is 419 g/mol. The Hall–Kier alpha value is -3.92. The van der Waals surface area contributed by atoms with Gasteiger partial charge in [-0.1, -0.05) is 66.7 Å². The molecule has 158 valence electrons. The fourth-order valence-electron chi connectivity index (χ4n) is 4.50. The summed E-state index contributed by atoms with van der Waals surface area (Å²) in [7, 11) is 0. The van der Waals surface area contributed by atoms with Gasteiger partial charge >= 0.3 is 0 Å². The number of pyridine rings is 1. The molecule has 0 aliphatic carbocycles. The zero-order valence-corrected chi connectivity index (χ0v) is 17.8. The second-order valence-corrected chi connectivity index (χ2v) is 8.18. The maximum absolute atomic E-state index is 13.5. The number of aromatic nitrogens is 1. The van der Waals surface area contributed by atoms with Gasteiger partial charge in [-0.3, -0.25) is 9.78 Å². The van der Waals surface area contributed by atoms with E-state index in [0.717, 1.165) is 29.0 Å². The van der Waals surface area contributed by atoms with Crippen LogP contribution in [0.15, 0.2) is 109 Å². The highest BCUT2D eigenvalue weighted by atomic mass is 16.2. The molecule has 1 amide bonds. The molecule has 1 aromatic heterocycles. The van der Waals surface area contributed by atoms with E-state index in [9.17, 15) is 4.79 Å². The van der Waals surface area contributed by atoms with Crippen LogP contribution in [0.25, 0.3) is 11.1 Å². The highest BCUT2D eigenvalue weighted by Crippen LogP contribution is 2.36. The molecule has 4 heteroatoms. The van der Waals surface area contributed by atoms with Crippen molar-refractivity contribution in [2.45, 2.75) is 5.92 Å². The van der Waals surface area contributed by atoms with Crippen molar-refractivity contribution < 1.29 is 4.79 Å². The summed E-state index contributed by atoms with van der Waals surface area (Å²) < 4.78 is 0. The van der Waals surface area contributed by atoms with E-state index in [0.29, 0.717) is 6.54 Å². The number of hydrogen-bond donors (Lipinski definition) is 1. The number of nitrogens with zero attached hydrogens (tertiary/aromatic N) is 2. The summed E-state index contributed by atoms with van der Waals surface area (Å²) in [5, 5.41) is 3.18. The lowest BCUT2D eigenvalue weighted by atomic mass is 9.88. The molecule has 2 atom stereocenters. The molecule has 1 fully saturated rings. The van der Waals surface area contributed by atoms with Crippen LogP contribution in [-0.2, 0) is 4.79 Å². The van der Waals surface area contributed by atoms with Gasteiger partial charge in [-0.25, -0.2) is 0 Å². The minimum atomic E-state index is -0.139. The lowest BCUT2D eigenvalue weighted by Crippen LogP contribution is -2.28. The molecule has 0 saturated carbocycles. The van der Waals surface area contributed by atoms with Crippen molar-refractivity contribution in [2.24, 2.45) is 5.92 Å². The minimum absolute atomic E-state index is 0.0561.